The van der Waals surface area contributed by atoms with Gasteiger partial charge in [-0.1, -0.05) is 25.2 Å². The smallest absolute Gasteiger partial charge is 0.191 e. The fourth-order valence-electron chi connectivity index (χ4n) is 1.61. The van der Waals surface area contributed by atoms with E-state index in [1.807, 2.05) is 12.4 Å². The zero-order valence-electron chi connectivity index (χ0n) is 13.1. The van der Waals surface area contributed by atoms with Crippen molar-refractivity contribution in [1.82, 2.24) is 25.8 Å². The normalized spacial score (nSPS) is 11.4. The van der Waals surface area contributed by atoms with Gasteiger partial charge in [-0.05, 0) is 6.92 Å². The van der Waals surface area contributed by atoms with E-state index in [2.05, 4.69) is 44.7 Å². The van der Waals surface area contributed by atoms with Crippen LogP contribution in [-0.2, 0) is 13.1 Å². The number of aromatic nitrogens is 3. The number of hydrogen-bond acceptors (Lipinski definition) is 6. The van der Waals surface area contributed by atoms with Crippen LogP contribution in [0.5, 0.6) is 0 Å². The molecule has 122 valence electrons. The number of rotatable bonds is 5. The largest absolute Gasteiger partial charge is 0.351 e. The second-order valence-corrected chi connectivity index (χ2v) is 6.86. The van der Waals surface area contributed by atoms with Gasteiger partial charge in [0.05, 0.1) is 24.3 Å². The van der Waals surface area contributed by atoms with E-state index in [1.54, 1.807) is 29.7 Å². The number of hydrogen-bond donors (Lipinski definition) is 2. The molecule has 0 fully saturated rings. The van der Waals surface area contributed by atoms with Gasteiger partial charge in [-0.3, -0.25) is 4.99 Å². The third-order valence-electron chi connectivity index (χ3n) is 2.87. The van der Waals surface area contributed by atoms with Crippen LogP contribution in [0.4, 0.5) is 0 Å². The molecule has 0 radical (unpaired) electrons. The maximum Gasteiger partial charge on any atom is 0.191 e. The second-order valence-electron chi connectivity index (χ2n) is 4.83. The summed E-state index contributed by atoms with van der Waals surface area (Å²) in [6.07, 6.45) is 0. The van der Waals surface area contributed by atoms with E-state index in [0.29, 0.717) is 12.5 Å². The lowest BCUT2D eigenvalue weighted by atomic mass is 10.2. The first-order valence-corrected chi connectivity index (χ1v) is 8.45. The number of halogens is 1. The molecule has 9 heteroatoms. The Morgan fingerprint density at radius 2 is 2.00 bits per heavy atom. The van der Waals surface area contributed by atoms with Crippen molar-refractivity contribution in [3.63, 3.8) is 0 Å². The van der Waals surface area contributed by atoms with Crippen molar-refractivity contribution < 1.29 is 0 Å². The Labute approximate surface area is 155 Å². The Morgan fingerprint density at radius 1 is 1.27 bits per heavy atom. The van der Waals surface area contributed by atoms with Crippen LogP contribution in [0, 0.1) is 6.92 Å². The van der Waals surface area contributed by atoms with Gasteiger partial charge >= 0.3 is 0 Å². The predicted molar refractivity (Wildman–Crippen MR) is 103 cm³/mol. The van der Waals surface area contributed by atoms with Gasteiger partial charge in [-0.25, -0.2) is 4.98 Å². The average molecular weight is 452 g/mol. The Bertz CT molecular complexity index is 607. The van der Waals surface area contributed by atoms with E-state index in [4.69, 9.17) is 0 Å². The van der Waals surface area contributed by atoms with Crippen LogP contribution in [0.15, 0.2) is 10.5 Å². The summed E-state index contributed by atoms with van der Waals surface area (Å²) in [6, 6.07) is 0. The molecule has 22 heavy (non-hydrogen) atoms. The summed E-state index contributed by atoms with van der Waals surface area (Å²) in [5.74, 6) is 1.17. The van der Waals surface area contributed by atoms with Crippen LogP contribution in [0.25, 0.3) is 0 Å². The highest BCUT2D eigenvalue weighted by Crippen LogP contribution is 2.18. The van der Waals surface area contributed by atoms with Crippen molar-refractivity contribution in [2.24, 2.45) is 4.99 Å². The monoisotopic (exact) mass is 452 g/mol. The van der Waals surface area contributed by atoms with Crippen molar-refractivity contribution in [3.05, 3.63) is 26.1 Å². The third kappa shape index (κ3) is 5.43. The van der Waals surface area contributed by atoms with Gasteiger partial charge in [0.2, 0.25) is 0 Å². The lowest BCUT2D eigenvalue weighted by Gasteiger charge is -2.09. The molecule has 0 unspecified atom stereocenters. The Balaban J connectivity index is 0.00000242. The molecule has 2 aromatic rings. The van der Waals surface area contributed by atoms with Gasteiger partial charge < -0.3 is 10.6 Å². The highest BCUT2D eigenvalue weighted by molar-refractivity contribution is 14.0. The van der Waals surface area contributed by atoms with Crippen molar-refractivity contribution >= 4 is 52.6 Å². The molecule has 2 heterocycles. The fraction of sp³-hybridized carbons (Fsp3) is 0.538. The molecular weight excluding hydrogens is 431 g/mol. The highest BCUT2D eigenvalue weighted by atomic mass is 127. The molecule has 0 atom stereocenters. The molecule has 0 aliphatic carbocycles. The van der Waals surface area contributed by atoms with E-state index in [0.717, 1.165) is 28.2 Å². The van der Waals surface area contributed by atoms with Gasteiger partial charge in [0, 0.05) is 17.8 Å². The van der Waals surface area contributed by atoms with Gasteiger partial charge in [-0.2, -0.15) is 0 Å². The average Bonchev–Trinajstić information content (AvgIpc) is 3.08. The number of aliphatic imine (C=N–C) groups is 1. The predicted octanol–water partition coefficient (Wildman–Crippen LogP) is 2.91. The minimum Gasteiger partial charge on any atom is -0.351 e. The zero-order chi connectivity index (χ0) is 15.2. The summed E-state index contributed by atoms with van der Waals surface area (Å²) in [5.41, 5.74) is 2.92. The summed E-state index contributed by atoms with van der Waals surface area (Å²) in [6.45, 7) is 7.61. The SMILES string of the molecule is CN=C(NCc1nnc(C(C)C)s1)NCc1scnc1C.I. The van der Waals surface area contributed by atoms with Crippen LogP contribution in [-0.4, -0.2) is 28.2 Å². The first kappa shape index (κ1) is 19.2. The maximum atomic E-state index is 4.23. The first-order valence-electron chi connectivity index (χ1n) is 6.76. The number of guanidine groups is 1. The lowest BCUT2D eigenvalue weighted by Crippen LogP contribution is -2.36. The van der Waals surface area contributed by atoms with Crippen LogP contribution in [0.1, 0.15) is 40.4 Å². The van der Waals surface area contributed by atoms with E-state index in [9.17, 15) is 0 Å². The molecule has 2 aromatic heterocycles. The molecule has 0 amide bonds. The summed E-state index contributed by atoms with van der Waals surface area (Å²) < 4.78 is 0. The Morgan fingerprint density at radius 3 is 2.55 bits per heavy atom. The van der Waals surface area contributed by atoms with E-state index < -0.39 is 0 Å². The topological polar surface area (TPSA) is 75.1 Å². The van der Waals surface area contributed by atoms with E-state index >= 15 is 0 Å². The van der Waals surface area contributed by atoms with Crippen molar-refractivity contribution in [2.75, 3.05) is 7.05 Å². The highest BCUT2D eigenvalue weighted by Gasteiger charge is 2.08. The molecular formula is C13H21IN6S2. The quantitative estimate of drug-likeness (QED) is 0.415. The minimum absolute atomic E-state index is 0. The zero-order valence-corrected chi connectivity index (χ0v) is 17.0. The molecule has 2 rings (SSSR count). The first-order chi connectivity index (χ1) is 10.1. The summed E-state index contributed by atoms with van der Waals surface area (Å²) >= 11 is 3.28. The van der Waals surface area contributed by atoms with Gasteiger partial charge in [0.1, 0.15) is 10.0 Å². The number of nitrogens with zero attached hydrogens (tertiary/aromatic N) is 4. The molecule has 0 spiro atoms. The number of aryl methyl sites for hydroxylation is 1. The molecule has 2 N–H and O–H groups in total. The summed E-state index contributed by atoms with van der Waals surface area (Å²) in [4.78, 5) is 9.66. The van der Waals surface area contributed by atoms with E-state index in [1.165, 1.54) is 4.88 Å². The molecule has 0 aliphatic heterocycles. The Hall–Kier alpha value is -0.810. The molecule has 6 nitrogen and oxygen atoms in total. The molecule has 0 saturated heterocycles. The van der Waals surface area contributed by atoms with Gasteiger partial charge in [-0.15, -0.1) is 45.5 Å². The molecule has 0 aromatic carbocycles. The van der Waals surface area contributed by atoms with Gasteiger partial charge in [0.25, 0.3) is 0 Å². The van der Waals surface area contributed by atoms with Crippen molar-refractivity contribution in [2.45, 2.75) is 39.8 Å². The van der Waals surface area contributed by atoms with Crippen LogP contribution in [0.2, 0.25) is 0 Å². The molecule has 0 bridgehead atoms. The summed E-state index contributed by atoms with van der Waals surface area (Å²) in [5, 5.41) is 16.9. The Kier molecular flexibility index (Phi) is 8.18. The molecule has 0 aliphatic rings. The van der Waals surface area contributed by atoms with E-state index in [-0.39, 0.29) is 24.0 Å². The van der Waals surface area contributed by atoms with Crippen LogP contribution < -0.4 is 10.6 Å². The molecule has 0 saturated carbocycles. The number of nitrogens with one attached hydrogen (secondary N) is 2. The lowest BCUT2D eigenvalue weighted by molar-refractivity contribution is 0.785. The minimum atomic E-state index is 0. The van der Waals surface area contributed by atoms with Crippen molar-refractivity contribution in [3.8, 4) is 0 Å². The summed E-state index contributed by atoms with van der Waals surface area (Å²) in [7, 11) is 1.76. The van der Waals surface area contributed by atoms with Gasteiger partial charge in [0.15, 0.2) is 5.96 Å². The van der Waals surface area contributed by atoms with Crippen molar-refractivity contribution in [1.29, 1.82) is 0 Å². The van der Waals surface area contributed by atoms with Crippen LogP contribution >= 0.6 is 46.7 Å². The number of thiazole rings is 1. The standard InChI is InChI=1S/C13H20N6S2.HI/c1-8(2)12-19-18-11(21-12)6-16-13(14-4)15-5-10-9(3)17-7-20-10;/h7-8H,5-6H2,1-4H3,(H2,14,15,16);1H. The third-order valence-corrected chi connectivity index (χ3v) is 5.03. The van der Waals surface area contributed by atoms with Crippen LogP contribution in [0.3, 0.4) is 0 Å². The second kappa shape index (κ2) is 9.36. The fourth-order valence-corrected chi connectivity index (χ4v) is 3.11. The maximum absolute atomic E-state index is 4.23.